The van der Waals surface area contributed by atoms with E-state index in [1.54, 1.807) is 13.8 Å². The van der Waals surface area contributed by atoms with Crippen molar-refractivity contribution in [1.29, 1.82) is 0 Å². The van der Waals surface area contributed by atoms with Gasteiger partial charge in [-0.2, -0.15) is 0 Å². The summed E-state index contributed by atoms with van der Waals surface area (Å²) in [6, 6.07) is 9.31. The largest absolute Gasteiger partial charge is 0.491 e. The number of benzene rings is 2. The predicted molar refractivity (Wildman–Crippen MR) is 108 cm³/mol. The van der Waals surface area contributed by atoms with Gasteiger partial charge in [0.05, 0.1) is 9.82 Å². The van der Waals surface area contributed by atoms with Crippen LogP contribution < -0.4 is 14.8 Å². The molecular formula is C19H25N3O5S. The van der Waals surface area contributed by atoms with E-state index >= 15 is 0 Å². The van der Waals surface area contributed by atoms with Crippen LogP contribution >= 0.6 is 0 Å². The van der Waals surface area contributed by atoms with Gasteiger partial charge in [-0.25, -0.2) is 13.1 Å². The van der Waals surface area contributed by atoms with E-state index in [9.17, 15) is 18.5 Å². The number of nitrogens with zero attached hydrogens (tertiary/aromatic N) is 1. The van der Waals surface area contributed by atoms with Crippen LogP contribution in [0.15, 0.2) is 41.3 Å². The lowest BCUT2D eigenvalue weighted by atomic mass is 10.1. The minimum Gasteiger partial charge on any atom is -0.491 e. The first-order valence-corrected chi connectivity index (χ1v) is 10.3. The summed E-state index contributed by atoms with van der Waals surface area (Å²) in [4.78, 5) is 10.6. The Bertz CT molecular complexity index is 958. The number of sulfonamides is 1. The van der Waals surface area contributed by atoms with Gasteiger partial charge in [0.25, 0.3) is 5.69 Å². The highest BCUT2D eigenvalue weighted by Gasteiger charge is 2.21. The molecule has 2 aromatic carbocycles. The topological polar surface area (TPSA) is 111 Å². The second-order valence-corrected chi connectivity index (χ2v) is 8.47. The number of nitro benzene ring substituents is 1. The van der Waals surface area contributed by atoms with Crippen molar-refractivity contribution in [2.75, 3.05) is 18.5 Å². The molecule has 28 heavy (non-hydrogen) atoms. The molecule has 2 rings (SSSR count). The van der Waals surface area contributed by atoms with Gasteiger partial charge in [-0.1, -0.05) is 17.7 Å². The van der Waals surface area contributed by atoms with Crippen molar-refractivity contribution in [3.63, 3.8) is 0 Å². The van der Waals surface area contributed by atoms with Gasteiger partial charge in [0.2, 0.25) is 10.0 Å². The third-order valence-electron chi connectivity index (χ3n) is 3.87. The number of hydrogen-bond donors (Lipinski definition) is 2. The van der Waals surface area contributed by atoms with Crippen molar-refractivity contribution in [3.8, 4) is 5.75 Å². The fourth-order valence-electron chi connectivity index (χ4n) is 2.67. The SMILES string of the molecule is Cc1ccc(OCCNc2ccc(S(=O)(=O)NC(C)C)cc2[N+](=O)[O-])c(C)c1. The van der Waals surface area contributed by atoms with Crippen LogP contribution in [0.1, 0.15) is 25.0 Å². The van der Waals surface area contributed by atoms with Gasteiger partial charge in [0.15, 0.2) is 0 Å². The summed E-state index contributed by atoms with van der Waals surface area (Å²) >= 11 is 0. The number of anilines is 1. The smallest absolute Gasteiger partial charge is 0.293 e. The number of ether oxygens (including phenoxy) is 1. The summed E-state index contributed by atoms with van der Waals surface area (Å²) < 4.78 is 32.6. The van der Waals surface area contributed by atoms with Gasteiger partial charge < -0.3 is 10.1 Å². The standard InChI is InChI=1S/C19H25N3O5S/c1-13(2)21-28(25,26)16-6-7-17(18(12-16)22(23)24)20-9-10-27-19-8-5-14(3)11-15(19)4/h5-8,11-13,20-21H,9-10H2,1-4H3. The first kappa shape index (κ1) is 21.6. The minimum absolute atomic E-state index is 0.148. The summed E-state index contributed by atoms with van der Waals surface area (Å²) in [5.41, 5.74) is 2.08. The summed E-state index contributed by atoms with van der Waals surface area (Å²) in [6.45, 7) is 7.93. The Morgan fingerprint density at radius 3 is 2.46 bits per heavy atom. The third kappa shape index (κ3) is 5.67. The van der Waals surface area contributed by atoms with Crippen LogP contribution in [0.2, 0.25) is 0 Å². The predicted octanol–water partition coefficient (Wildman–Crippen LogP) is 3.39. The molecule has 0 atom stereocenters. The molecule has 2 aromatic rings. The van der Waals surface area contributed by atoms with E-state index in [1.807, 2.05) is 32.0 Å². The normalized spacial score (nSPS) is 11.5. The first-order valence-electron chi connectivity index (χ1n) is 8.85. The van der Waals surface area contributed by atoms with E-state index < -0.39 is 14.9 Å². The second kappa shape index (κ2) is 9.03. The van der Waals surface area contributed by atoms with Gasteiger partial charge in [0, 0.05) is 18.7 Å². The summed E-state index contributed by atoms with van der Waals surface area (Å²) in [7, 11) is -3.81. The lowest BCUT2D eigenvalue weighted by Crippen LogP contribution is -2.30. The van der Waals surface area contributed by atoms with Crippen LogP contribution in [-0.4, -0.2) is 32.5 Å². The Morgan fingerprint density at radius 1 is 1.14 bits per heavy atom. The van der Waals surface area contributed by atoms with Gasteiger partial charge in [-0.15, -0.1) is 0 Å². The molecular weight excluding hydrogens is 382 g/mol. The molecule has 0 heterocycles. The van der Waals surface area contributed by atoms with E-state index in [4.69, 9.17) is 4.74 Å². The lowest BCUT2D eigenvalue weighted by Gasteiger charge is -2.13. The van der Waals surface area contributed by atoms with Crippen LogP contribution in [-0.2, 0) is 10.0 Å². The Morgan fingerprint density at radius 2 is 1.86 bits per heavy atom. The van der Waals surface area contributed by atoms with Crippen molar-refractivity contribution >= 4 is 21.4 Å². The molecule has 0 fully saturated rings. The highest BCUT2D eigenvalue weighted by Crippen LogP contribution is 2.27. The van der Waals surface area contributed by atoms with Crippen molar-refractivity contribution in [3.05, 3.63) is 57.6 Å². The molecule has 152 valence electrons. The molecule has 0 saturated carbocycles. The Balaban J connectivity index is 2.08. The fourth-order valence-corrected chi connectivity index (χ4v) is 3.94. The number of hydrogen-bond acceptors (Lipinski definition) is 6. The molecule has 0 radical (unpaired) electrons. The van der Waals surface area contributed by atoms with Crippen LogP contribution in [0.3, 0.4) is 0 Å². The molecule has 0 aliphatic heterocycles. The van der Waals surface area contributed by atoms with Crippen molar-refractivity contribution in [2.45, 2.75) is 38.6 Å². The molecule has 0 unspecified atom stereocenters. The van der Waals surface area contributed by atoms with Crippen LogP contribution in [0.25, 0.3) is 0 Å². The molecule has 0 aromatic heterocycles. The maximum Gasteiger partial charge on any atom is 0.293 e. The van der Waals surface area contributed by atoms with E-state index in [2.05, 4.69) is 10.0 Å². The van der Waals surface area contributed by atoms with E-state index in [0.29, 0.717) is 13.2 Å². The maximum atomic E-state index is 12.2. The van der Waals surface area contributed by atoms with Crippen LogP contribution in [0.5, 0.6) is 5.75 Å². The Hall–Kier alpha value is -2.65. The summed E-state index contributed by atoms with van der Waals surface area (Å²) in [5, 5.41) is 14.3. The number of rotatable bonds is 9. The van der Waals surface area contributed by atoms with Crippen molar-refractivity contribution < 1.29 is 18.1 Å². The maximum absolute atomic E-state index is 12.2. The molecule has 9 heteroatoms. The number of nitrogens with one attached hydrogen (secondary N) is 2. The third-order valence-corrected chi connectivity index (χ3v) is 5.53. The molecule has 0 spiro atoms. The van der Waals surface area contributed by atoms with Gasteiger partial charge >= 0.3 is 0 Å². The fraction of sp³-hybridized carbons (Fsp3) is 0.368. The zero-order valence-electron chi connectivity index (χ0n) is 16.4. The highest BCUT2D eigenvalue weighted by molar-refractivity contribution is 7.89. The van der Waals surface area contributed by atoms with Gasteiger partial charge in [-0.3, -0.25) is 10.1 Å². The molecule has 0 bridgehead atoms. The van der Waals surface area contributed by atoms with Crippen LogP contribution in [0.4, 0.5) is 11.4 Å². The lowest BCUT2D eigenvalue weighted by molar-refractivity contribution is -0.384. The van der Waals surface area contributed by atoms with Gasteiger partial charge in [-0.05, 0) is 51.5 Å². The Kier molecular flexibility index (Phi) is 6.98. The highest BCUT2D eigenvalue weighted by atomic mass is 32.2. The van der Waals surface area contributed by atoms with E-state index in [0.717, 1.165) is 22.9 Å². The molecule has 0 aliphatic rings. The quantitative estimate of drug-likeness (QED) is 0.374. The Labute approximate surface area is 165 Å². The van der Waals surface area contributed by atoms with Gasteiger partial charge in [0.1, 0.15) is 18.0 Å². The van der Waals surface area contributed by atoms with Crippen molar-refractivity contribution in [1.82, 2.24) is 4.72 Å². The average molecular weight is 407 g/mol. The second-order valence-electron chi connectivity index (χ2n) is 6.76. The minimum atomic E-state index is -3.81. The average Bonchev–Trinajstić information content (AvgIpc) is 2.59. The number of aryl methyl sites for hydroxylation is 2. The monoisotopic (exact) mass is 407 g/mol. The molecule has 0 amide bonds. The first-order chi connectivity index (χ1) is 13.1. The summed E-state index contributed by atoms with van der Waals surface area (Å²) in [5.74, 6) is 0.753. The molecule has 0 saturated heterocycles. The van der Waals surface area contributed by atoms with Crippen LogP contribution in [0, 0.1) is 24.0 Å². The van der Waals surface area contributed by atoms with E-state index in [1.165, 1.54) is 12.1 Å². The van der Waals surface area contributed by atoms with Crippen molar-refractivity contribution in [2.24, 2.45) is 0 Å². The molecule has 8 nitrogen and oxygen atoms in total. The number of nitro groups is 1. The van der Waals surface area contributed by atoms with E-state index in [-0.39, 0.29) is 22.3 Å². The zero-order chi connectivity index (χ0) is 20.9. The zero-order valence-corrected chi connectivity index (χ0v) is 17.2. The molecule has 2 N–H and O–H groups in total. The summed E-state index contributed by atoms with van der Waals surface area (Å²) in [6.07, 6.45) is 0. The molecule has 0 aliphatic carbocycles.